The molecule has 1 aliphatic carbocycles. The minimum Gasteiger partial charge on any atom is -0.468 e. The lowest BCUT2D eigenvalue weighted by molar-refractivity contribution is -0.161. The van der Waals surface area contributed by atoms with Gasteiger partial charge in [-0.3, -0.25) is 9.59 Å². The maximum absolute atomic E-state index is 12.2. The maximum atomic E-state index is 12.2. The molecule has 2 aromatic rings. The Labute approximate surface area is 144 Å². The standard InChI is InChI=1S/C19H16O4S/c1-22-17(20)19(18(21)23-2)12-16(19)15-8-4-3-6-13(15)9-10-14-7-5-11-24-14/h3-8,11,16H,12H2,1-2H3. The topological polar surface area (TPSA) is 52.6 Å². The van der Waals surface area contributed by atoms with E-state index in [4.69, 9.17) is 9.47 Å². The third kappa shape index (κ3) is 2.70. The minimum absolute atomic E-state index is 0.272. The predicted octanol–water partition coefficient (Wildman–Crippen LogP) is 2.97. The third-order valence-corrected chi connectivity index (χ3v) is 5.02. The maximum Gasteiger partial charge on any atom is 0.323 e. The molecule has 1 atom stereocenters. The van der Waals surface area contributed by atoms with Crippen LogP contribution in [0, 0.1) is 17.3 Å². The van der Waals surface area contributed by atoms with E-state index in [0.29, 0.717) is 6.42 Å². The molecule has 5 heteroatoms. The summed E-state index contributed by atoms with van der Waals surface area (Å²) >= 11 is 1.57. The second kappa shape index (κ2) is 6.50. The van der Waals surface area contributed by atoms with Gasteiger partial charge >= 0.3 is 11.9 Å². The van der Waals surface area contributed by atoms with Crippen LogP contribution < -0.4 is 0 Å². The third-order valence-electron chi connectivity index (χ3n) is 4.24. The Morgan fingerprint density at radius 2 is 1.79 bits per heavy atom. The van der Waals surface area contributed by atoms with Crippen LogP contribution in [0.3, 0.4) is 0 Å². The smallest absolute Gasteiger partial charge is 0.323 e. The Bertz CT molecular complexity index is 811. The fraction of sp³-hybridized carbons (Fsp3) is 0.263. The molecule has 0 amide bonds. The van der Waals surface area contributed by atoms with Crippen LogP contribution >= 0.6 is 11.3 Å². The largest absolute Gasteiger partial charge is 0.468 e. The van der Waals surface area contributed by atoms with E-state index < -0.39 is 17.4 Å². The molecule has 0 N–H and O–H groups in total. The first-order valence-corrected chi connectivity index (χ1v) is 8.32. The molecule has 0 bridgehead atoms. The van der Waals surface area contributed by atoms with Crippen molar-refractivity contribution < 1.29 is 19.1 Å². The number of rotatable bonds is 3. The molecule has 0 spiro atoms. The molecule has 24 heavy (non-hydrogen) atoms. The summed E-state index contributed by atoms with van der Waals surface area (Å²) in [6.45, 7) is 0. The lowest BCUT2D eigenvalue weighted by atomic mass is 9.95. The van der Waals surface area contributed by atoms with Crippen LogP contribution in [0.4, 0.5) is 0 Å². The molecule has 122 valence electrons. The second-order valence-electron chi connectivity index (χ2n) is 5.53. The molecule has 1 aromatic heterocycles. The van der Waals surface area contributed by atoms with Crippen LogP contribution in [0.1, 0.15) is 28.3 Å². The number of esters is 2. The number of thiophene rings is 1. The number of hydrogen-bond acceptors (Lipinski definition) is 5. The lowest BCUT2D eigenvalue weighted by Gasteiger charge is -2.13. The fourth-order valence-corrected chi connectivity index (χ4v) is 3.50. The molecule has 0 aliphatic heterocycles. The van der Waals surface area contributed by atoms with Gasteiger partial charge in [-0.25, -0.2) is 0 Å². The quantitative estimate of drug-likeness (QED) is 0.490. The van der Waals surface area contributed by atoms with E-state index in [9.17, 15) is 9.59 Å². The van der Waals surface area contributed by atoms with E-state index in [1.165, 1.54) is 14.2 Å². The van der Waals surface area contributed by atoms with E-state index >= 15 is 0 Å². The van der Waals surface area contributed by atoms with Gasteiger partial charge in [0.05, 0.1) is 19.1 Å². The van der Waals surface area contributed by atoms with Gasteiger partial charge in [0.15, 0.2) is 5.41 Å². The molecule has 1 aliphatic rings. The Morgan fingerprint density at radius 1 is 1.08 bits per heavy atom. The van der Waals surface area contributed by atoms with Gasteiger partial charge in [-0.1, -0.05) is 36.1 Å². The Morgan fingerprint density at radius 3 is 2.42 bits per heavy atom. The van der Waals surface area contributed by atoms with Gasteiger partial charge in [0.25, 0.3) is 0 Å². The van der Waals surface area contributed by atoms with Crippen molar-refractivity contribution >= 4 is 23.3 Å². The number of carbonyl (C=O) groups excluding carboxylic acids is 2. The van der Waals surface area contributed by atoms with Gasteiger partial charge in [0.2, 0.25) is 0 Å². The van der Waals surface area contributed by atoms with Crippen LogP contribution in [-0.2, 0) is 19.1 Å². The number of hydrogen-bond donors (Lipinski definition) is 0. The summed E-state index contributed by atoms with van der Waals surface area (Å²) in [6, 6.07) is 11.5. The number of ether oxygens (including phenoxy) is 2. The molecular weight excluding hydrogens is 324 g/mol. The zero-order valence-corrected chi connectivity index (χ0v) is 14.2. The van der Waals surface area contributed by atoms with Gasteiger partial charge in [0, 0.05) is 11.5 Å². The molecule has 0 saturated heterocycles. The first kappa shape index (κ1) is 16.3. The first-order chi connectivity index (χ1) is 11.6. The Kier molecular flexibility index (Phi) is 4.41. The average molecular weight is 340 g/mol. The molecule has 4 nitrogen and oxygen atoms in total. The van der Waals surface area contributed by atoms with Crippen molar-refractivity contribution in [3.8, 4) is 11.8 Å². The summed E-state index contributed by atoms with van der Waals surface area (Å²) in [5.74, 6) is 4.88. The van der Waals surface area contributed by atoms with E-state index in [0.717, 1.165) is 16.0 Å². The summed E-state index contributed by atoms with van der Waals surface area (Å²) in [4.78, 5) is 25.3. The minimum atomic E-state index is -1.25. The summed E-state index contributed by atoms with van der Waals surface area (Å²) in [6.07, 6.45) is 0.379. The van der Waals surface area contributed by atoms with Gasteiger partial charge in [-0.05, 0) is 29.5 Å². The van der Waals surface area contributed by atoms with E-state index in [2.05, 4.69) is 11.8 Å². The van der Waals surface area contributed by atoms with E-state index in [1.807, 2.05) is 41.8 Å². The average Bonchev–Trinajstić information content (AvgIpc) is 3.16. The highest BCUT2D eigenvalue weighted by Gasteiger charge is 2.68. The second-order valence-corrected chi connectivity index (χ2v) is 6.47. The van der Waals surface area contributed by atoms with Gasteiger partial charge in [-0.2, -0.15) is 0 Å². The van der Waals surface area contributed by atoms with Crippen LogP contribution in [0.25, 0.3) is 0 Å². The molecular formula is C19H16O4S. The summed E-state index contributed by atoms with van der Waals surface area (Å²) < 4.78 is 9.67. The molecule has 1 heterocycles. The van der Waals surface area contributed by atoms with E-state index in [-0.39, 0.29) is 5.92 Å². The monoisotopic (exact) mass is 340 g/mol. The zero-order valence-electron chi connectivity index (χ0n) is 13.4. The van der Waals surface area contributed by atoms with Gasteiger partial charge in [-0.15, -0.1) is 11.3 Å². The number of benzene rings is 1. The van der Waals surface area contributed by atoms with E-state index in [1.54, 1.807) is 11.3 Å². The Balaban J connectivity index is 1.96. The predicted molar refractivity (Wildman–Crippen MR) is 90.6 cm³/mol. The zero-order chi connectivity index (χ0) is 17.2. The molecule has 0 radical (unpaired) electrons. The van der Waals surface area contributed by atoms with Crippen molar-refractivity contribution in [1.82, 2.24) is 0 Å². The van der Waals surface area contributed by atoms with Gasteiger partial charge in [0.1, 0.15) is 0 Å². The summed E-state index contributed by atoms with van der Waals surface area (Å²) in [5, 5.41) is 1.97. The van der Waals surface area contributed by atoms with Crippen LogP contribution in [0.5, 0.6) is 0 Å². The number of methoxy groups -OCH3 is 2. The van der Waals surface area contributed by atoms with Crippen molar-refractivity contribution in [2.24, 2.45) is 5.41 Å². The van der Waals surface area contributed by atoms with Crippen molar-refractivity contribution in [1.29, 1.82) is 0 Å². The number of carbonyl (C=O) groups is 2. The summed E-state index contributed by atoms with van der Waals surface area (Å²) in [5.41, 5.74) is 0.437. The van der Waals surface area contributed by atoms with Gasteiger partial charge < -0.3 is 9.47 Å². The molecule has 3 rings (SSSR count). The first-order valence-electron chi connectivity index (χ1n) is 7.44. The molecule has 1 aromatic carbocycles. The Hall–Kier alpha value is -2.58. The van der Waals surface area contributed by atoms with Crippen molar-refractivity contribution in [3.05, 3.63) is 57.8 Å². The SMILES string of the molecule is COC(=O)C1(C(=O)OC)CC1c1ccccc1C#Cc1cccs1. The van der Waals surface area contributed by atoms with Crippen molar-refractivity contribution in [2.75, 3.05) is 14.2 Å². The molecule has 1 unspecified atom stereocenters. The highest BCUT2D eigenvalue weighted by atomic mass is 32.1. The van der Waals surface area contributed by atoms with Crippen molar-refractivity contribution in [3.63, 3.8) is 0 Å². The van der Waals surface area contributed by atoms with Crippen LogP contribution in [0.2, 0.25) is 0 Å². The molecule has 1 saturated carbocycles. The molecule has 1 fully saturated rings. The lowest BCUT2D eigenvalue weighted by Crippen LogP contribution is -2.30. The van der Waals surface area contributed by atoms with Crippen molar-refractivity contribution in [2.45, 2.75) is 12.3 Å². The fourth-order valence-electron chi connectivity index (χ4n) is 2.93. The summed E-state index contributed by atoms with van der Waals surface area (Å²) in [7, 11) is 2.57. The van der Waals surface area contributed by atoms with Crippen LogP contribution in [-0.4, -0.2) is 26.2 Å². The highest BCUT2D eigenvalue weighted by molar-refractivity contribution is 7.10. The van der Waals surface area contributed by atoms with Crippen LogP contribution in [0.15, 0.2) is 41.8 Å². The highest BCUT2D eigenvalue weighted by Crippen LogP contribution is 2.61. The normalized spacial score (nSPS) is 17.3.